The zero-order chi connectivity index (χ0) is 7.98. The van der Waals surface area contributed by atoms with Crippen molar-refractivity contribution in [2.75, 3.05) is 6.54 Å². The van der Waals surface area contributed by atoms with Crippen LogP contribution in [0, 0.1) is 0 Å². The van der Waals surface area contributed by atoms with Gasteiger partial charge in [0.15, 0.2) is 0 Å². The molecule has 0 saturated carbocycles. The highest BCUT2D eigenvalue weighted by molar-refractivity contribution is 6.35. The molecule has 0 aliphatic rings. The summed E-state index contributed by atoms with van der Waals surface area (Å²) >= 11 is 0. The van der Waals surface area contributed by atoms with Crippen LogP contribution in [0.4, 0.5) is 0 Å². The third kappa shape index (κ3) is 3.26. The summed E-state index contributed by atoms with van der Waals surface area (Å²) in [5.74, 6) is 0.736. The minimum atomic E-state index is 0.639. The fourth-order valence-corrected chi connectivity index (χ4v) is 1.35. The van der Waals surface area contributed by atoms with Gasteiger partial charge in [-0.1, -0.05) is 39.8 Å². The molecule has 0 saturated heterocycles. The van der Waals surface area contributed by atoms with E-state index in [1.807, 2.05) is 0 Å². The van der Waals surface area contributed by atoms with Crippen molar-refractivity contribution in [3.05, 3.63) is 0 Å². The lowest BCUT2D eigenvalue weighted by Crippen LogP contribution is -2.31. The summed E-state index contributed by atoms with van der Waals surface area (Å²) in [6.45, 7) is 9.85. The summed E-state index contributed by atoms with van der Waals surface area (Å²) in [7, 11) is 2.29. The first-order chi connectivity index (χ1) is 4.76. The Balaban J connectivity index is 3.53. The van der Waals surface area contributed by atoms with E-state index in [0.717, 1.165) is 12.4 Å². The fourth-order valence-electron chi connectivity index (χ4n) is 1.35. The van der Waals surface area contributed by atoms with Crippen LogP contribution in [0.5, 0.6) is 0 Å². The predicted molar refractivity (Wildman–Crippen MR) is 48.8 cm³/mol. The molecule has 2 heteroatoms. The maximum Gasteiger partial charge on any atom is 0.112 e. The normalized spacial score (nSPS) is 16.4. The molecular formula is C8H19BN. The van der Waals surface area contributed by atoms with Gasteiger partial charge in [-0.2, -0.15) is 0 Å². The largest absolute Gasteiger partial charge is 0.315 e. The minimum Gasteiger partial charge on any atom is -0.315 e. The molecule has 10 heavy (non-hydrogen) atoms. The molecule has 0 aromatic carbocycles. The van der Waals surface area contributed by atoms with Crippen LogP contribution in [0.25, 0.3) is 0 Å². The van der Waals surface area contributed by atoms with E-state index in [9.17, 15) is 0 Å². The third-order valence-electron chi connectivity index (χ3n) is 2.07. The SMILES string of the molecule is C[B]C(CC)C(C)NCC. The molecule has 0 aromatic heterocycles. The zero-order valence-corrected chi connectivity index (χ0v) is 7.65. The summed E-state index contributed by atoms with van der Waals surface area (Å²) in [6, 6.07) is 0.639. The average molecular weight is 140 g/mol. The fraction of sp³-hybridized carbons (Fsp3) is 1.00. The van der Waals surface area contributed by atoms with Crippen LogP contribution in [0.2, 0.25) is 12.6 Å². The lowest BCUT2D eigenvalue weighted by molar-refractivity contribution is 0.521. The van der Waals surface area contributed by atoms with E-state index in [4.69, 9.17) is 0 Å². The molecule has 0 bridgehead atoms. The molecule has 0 amide bonds. The van der Waals surface area contributed by atoms with Gasteiger partial charge in [-0.05, 0) is 12.6 Å². The molecule has 0 rings (SSSR count). The molecule has 2 unspecified atom stereocenters. The van der Waals surface area contributed by atoms with E-state index >= 15 is 0 Å². The van der Waals surface area contributed by atoms with Crippen molar-refractivity contribution >= 4 is 7.28 Å². The van der Waals surface area contributed by atoms with Crippen LogP contribution in [0.3, 0.4) is 0 Å². The molecule has 0 aromatic rings. The van der Waals surface area contributed by atoms with Gasteiger partial charge in [-0.25, -0.2) is 0 Å². The van der Waals surface area contributed by atoms with Gasteiger partial charge in [0.1, 0.15) is 7.28 Å². The Hall–Kier alpha value is 0.0249. The van der Waals surface area contributed by atoms with Gasteiger partial charge in [-0.3, -0.25) is 0 Å². The van der Waals surface area contributed by atoms with Crippen molar-refractivity contribution in [1.29, 1.82) is 0 Å². The van der Waals surface area contributed by atoms with Crippen LogP contribution in [0.1, 0.15) is 27.2 Å². The summed E-state index contributed by atoms with van der Waals surface area (Å²) < 4.78 is 0. The Bertz CT molecular complexity index is 71.7. The Morgan fingerprint density at radius 2 is 2.00 bits per heavy atom. The Labute approximate surface area is 65.8 Å². The lowest BCUT2D eigenvalue weighted by atomic mass is 9.62. The topological polar surface area (TPSA) is 12.0 Å². The lowest BCUT2D eigenvalue weighted by Gasteiger charge is -2.21. The molecule has 0 aliphatic carbocycles. The maximum absolute atomic E-state index is 3.42. The second-order valence-electron chi connectivity index (χ2n) is 2.75. The molecule has 0 fully saturated rings. The smallest absolute Gasteiger partial charge is 0.112 e. The van der Waals surface area contributed by atoms with Gasteiger partial charge in [0.2, 0.25) is 0 Å². The molecule has 2 atom stereocenters. The Kier molecular flexibility index (Phi) is 5.80. The number of rotatable bonds is 5. The maximum atomic E-state index is 3.42. The van der Waals surface area contributed by atoms with Crippen LogP contribution in [-0.4, -0.2) is 19.9 Å². The predicted octanol–water partition coefficient (Wildman–Crippen LogP) is 1.94. The van der Waals surface area contributed by atoms with Crippen molar-refractivity contribution in [2.45, 2.75) is 45.9 Å². The summed E-state index contributed by atoms with van der Waals surface area (Å²) in [5.41, 5.74) is 0. The monoisotopic (exact) mass is 140 g/mol. The third-order valence-corrected chi connectivity index (χ3v) is 2.07. The second kappa shape index (κ2) is 5.78. The second-order valence-corrected chi connectivity index (χ2v) is 2.75. The van der Waals surface area contributed by atoms with Crippen LogP contribution >= 0.6 is 0 Å². The molecule has 0 spiro atoms. The summed E-state index contributed by atoms with van der Waals surface area (Å²) in [6.07, 6.45) is 1.24. The van der Waals surface area contributed by atoms with E-state index in [0.29, 0.717) is 6.04 Å². The van der Waals surface area contributed by atoms with Crippen LogP contribution in [-0.2, 0) is 0 Å². The van der Waals surface area contributed by atoms with E-state index in [1.165, 1.54) is 6.42 Å². The zero-order valence-electron chi connectivity index (χ0n) is 7.65. The van der Waals surface area contributed by atoms with Gasteiger partial charge in [0.25, 0.3) is 0 Å². The Morgan fingerprint density at radius 3 is 2.30 bits per heavy atom. The van der Waals surface area contributed by atoms with Crippen molar-refractivity contribution in [1.82, 2.24) is 5.32 Å². The van der Waals surface area contributed by atoms with E-state index < -0.39 is 0 Å². The van der Waals surface area contributed by atoms with Crippen LogP contribution in [0.15, 0.2) is 0 Å². The van der Waals surface area contributed by atoms with E-state index in [1.54, 1.807) is 0 Å². The van der Waals surface area contributed by atoms with Crippen molar-refractivity contribution < 1.29 is 0 Å². The summed E-state index contributed by atoms with van der Waals surface area (Å²) in [4.78, 5) is 0. The van der Waals surface area contributed by atoms with E-state index in [2.05, 4.69) is 40.2 Å². The highest BCUT2D eigenvalue weighted by Crippen LogP contribution is 2.13. The van der Waals surface area contributed by atoms with Gasteiger partial charge >= 0.3 is 0 Å². The van der Waals surface area contributed by atoms with Gasteiger partial charge in [0.05, 0.1) is 0 Å². The van der Waals surface area contributed by atoms with Crippen LogP contribution < -0.4 is 5.32 Å². The van der Waals surface area contributed by atoms with Gasteiger partial charge in [-0.15, -0.1) is 0 Å². The van der Waals surface area contributed by atoms with Crippen molar-refractivity contribution in [3.8, 4) is 0 Å². The molecule has 59 valence electrons. The number of hydrogen-bond donors (Lipinski definition) is 1. The molecule has 1 radical (unpaired) electrons. The van der Waals surface area contributed by atoms with Crippen molar-refractivity contribution in [2.24, 2.45) is 0 Å². The molecule has 1 nitrogen and oxygen atoms in total. The quantitative estimate of drug-likeness (QED) is 0.575. The highest BCUT2D eigenvalue weighted by atomic mass is 14.9. The Morgan fingerprint density at radius 1 is 1.40 bits per heavy atom. The average Bonchev–Trinajstić information content (AvgIpc) is 1.91. The first-order valence-electron chi connectivity index (χ1n) is 4.29. The first-order valence-corrected chi connectivity index (χ1v) is 4.29. The molecule has 1 N–H and O–H groups in total. The van der Waals surface area contributed by atoms with Crippen molar-refractivity contribution in [3.63, 3.8) is 0 Å². The van der Waals surface area contributed by atoms with Gasteiger partial charge in [0, 0.05) is 0 Å². The number of nitrogens with one attached hydrogen (secondary N) is 1. The van der Waals surface area contributed by atoms with Gasteiger partial charge < -0.3 is 5.32 Å². The molecule has 0 aliphatic heterocycles. The minimum absolute atomic E-state index is 0.639. The molecule has 0 heterocycles. The van der Waals surface area contributed by atoms with E-state index in [-0.39, 0.29) is 0 Å². The number of hydrogen-bond acceptors (Lipinski definition) is 1. The molecular weight excluding hydrogens is 121 g/mol. The summed E-state index contributed by atoms with van der Waals surface area (Å²) in [5, 5.41) is 3.42. The first kappa shape index (κ1) is 10.0. The standard InChI is InChI=1S/C8H19BN/c1-5-8(9-4)7(3)10-6-2/h7-8,10H,5-6H2,1-4H3. The highest BCUT2D eigenvalue weighted by Gasteiger charge is 2.11.